The summed E-state index contributed by atoms with van der Waals surface area (Å²) < 4.78 is 47.7. The molecule has 0 aliphatic carbocycles. The summed E-state index contributed by atoms with van der Waals surface area (Å²) in [5.74, 6) is -1.92. The molecule has 3 aromatic heterocycles. The molecule has 0 saturated heterocycles. The van der Waals surface area contributed by atoms with Crippen LogP contribution in [0.4, 0.5) is 23.8 Å². The standard InChI is InChI=1S/C20H19F3N6O3/c1-11(2)18(30)28-19(31)27-16-5-4-15(17(26-16)20(21,22)23)32-13-6-7-24-14(8-13)12-9-25-29(3)10-12/h4-11H,1-3H3,(H2,26,27,28,30,31). The van der Waals surface area contributed by atoms with Crippen molar-refractivity contribution in [2.24, 2.45) is 13.0 Å². The van der Waals surface area contributed by atoms with E-state index in [2.05, 4.69) is 20.4 Å². The second-order valence-corrected chi connectivity index (χ2v) is 7.02. The van der Waals surface area contributed by atoms with E-state index >= 15 is 0 Å². The molecular formula is C20H19F3N6O3. The van der Waals surface area contributed by atoms with Gasteiger partial charge >= 0.3 is 12.2 Å². The van der Waals surface area contributed by atoms with Crippen molar-refractivity contribution in [1.29, 1.82) is 0 Å². The number of urea groups is 1. The SMILES string of the molecule is CC(C)C(=O)NC(=O)Nc1ccc(Oc2ccnc(-c3cnn(C)c3)c2)c(C(F)(F)F)n1. The second kappa shape index (κ2) is 9.04. The van der Waals surface area contributed by atoms with Gasteiger partial charge in [-0.3, -0.25) is 25.1 Å². The molecule has 0 bridgehead atoms. The van der Waals surface area contributed by atoms with E-state index in [1.54, 1.807) is 38.0 Å². The lowest BCUT2D eigenvalue weighted by molar-refractivity contribution is -0.142. The second-order valence-electron chi connectivity index (χ2n) is 7.02. The van der Waals surface area contributed by atoms with Crippen LogP contribution in [-0.2, 0) is 18.0 Å². The van der Waals surface area contributed by atoms with Crippen molar-refractivity contribution in [3.05, 3.63) is 48.5 Å². The molecule has 0 radical (unpaired) electrons. The van der Waals surface area contributed by atoms with Gasteiger partial charge in [-0.1, -0.05) is 13.8 Å². The molecule has 9 nitrogen and oxygen atoms in total. The lowest BCUT2D eigenvalue weighted by atomic mass is 10.2. The molecule has 32 heavy (non-hydrogen) atoms. The zero-order chi connectivity index (χ0) is 23.5. The summed E-state index contributed by atoms with van der Waals surface area (Å²) in [6, 6.07) is 4.03. The molecule has 3 aromatic rings. The highest BCUT2D eigenvalue weighted by Gasteiger charge is 2.37. The number of hydrogen-bond donors (Lipinski definition) is 2. The largest absolute Gasteiger partial charge is 0.455 e. The van der Waals surface area contributed by atoms with Gasteiger partial charge in [0.2, 0.25) is 5.91 Å². The normalized spacial score (nSPS) is 11.3. The summed E-state index contributed by atoms with van der Waals surface area (Å²) in [6.45, 7) is 3.13. The van der Waals surface area contributed by atoms with E-state index in [-0.39, 0.29) is 5.75 Å². The quantitative estimate of drug-likeness (QED) is 0.611. The molecule has 0 atom stereocenters. The Labute approximate surface area is 180 Å². The van der Waals surface area contributed by atoms with Gasteiger partial charge in [-0.25, -0.2) is 9.78 Å². The Morgan fingerprint density at radius 3 is 2.56 bits per heavy atom. The number of nitrogens with zero attached hydrogens (tertiary/aromatic N) is 4. The monoisotopic (exact) mass is 448 g/mol. The molecular weight excluding hydrogens is 429 g/mol. The number of anilines is 1. The number of ether oxygens (including phenoxy) is 1. The maximum absolute atomic E-state index is 13.6. The highest BCUT2D eigenvalue weighted by Crippen LogP contribution is 2.38. The van der Waals surface area contributed by atoms with Crippen LogP contribution in [0, 0.1) is 5.92 Å². The maximum Gasteiger partial charge on any atom is 0.437 e. The van der Waals surface area contributed by atoms with Crippen LogP contribution in [0.25, 0.3) is 11.3 Å². The minimum atomic E-state index is -4.86. The Bertz CT molecular complexity index is 1140. The number of aromatic nitrogens is 4. The van der Waals surface area contributed by atoms with Crippen LogP contribution in [0.5, 0.6) is 11.5 Å². The molecule has 0 fully saturated rings. The van der Waals surface area contributed by atoms with Crippen LogP contribution >= 0.6 is 0 Å². The molecule has 0 spiro atoms. The van der Waals surface area contributed by atoms with Crippen molar-refractivity contribution in [3.63, 3.8) is 0 Å². The topological polar surface area (TPSA) is 111 Å². The summed E-state index contributed by atoms with van der Waals surface area (Å²) in [4.78, 5) is 31.0. The Balaban J connectivity index is 1.84. The Morgan fingerprint density at radius 2 is 1.94 bits per heavy atom. The van der Waals surface area contributed by atoms with Crippen molar-refractivity contribution in [2.75, 3.05) is 5.32 Å². The molecule has 0 aliphatic rings. The zero-order valence-electron chi connectivity index (χ0n) is 17.3. The predicted molar refractivity (Wildman–Crippen MR) is 108 cm³/mol. The van der Waals surface area contributed by atoms with Gasteiger partial charge in [0.15, 0.2) is 11.4 Å². The van der Waals surface area contributed by atoms with Gasteiger partial charge in [-0.05, 0) is 18.2 Å². The number of carbonyl (C=O) groups excluding carboxylic acids is 2. The molecule has 0 saturated carbocycles. The van der Waals surface area contributed by atoms with Crippen LogP contribution in [0.3, 0.4) is 0 Å². The fourth-order valence-corrected chi connectivity index (χ4v) is 2.52. The van der Waals surface area contributed by atoms with E-state index in [0.29, 0.717) is 11.3 Å². The van der Waals surface area contributed by atoms with Crippen molar-refractivity contribution in [2.45, 2.75) is 20.0 Å². The van der Waals surface area contributed by atoms with Crippen LogP contribution < -0.4 is 15.4 Å². The number of hydrogen-bond acceptors (Lipinski definition) is 6. The van der Waals surface area contributed by atoms with Crippen molar-refractivity contribution in [3.8, 4) is 22.8 Å². The van der Waals surface area contributed by atoms with Crippen LogP contribution in [0.2, 0.25) is 0 Å². The highest BCUT2D eigenvalue weighted by molar-refractivity contribution is 6.01. The summed E-state index contributed by atoms with van der Waals surface area (Å²) in [6.07, 6.45) is -0.213. The number of nitrogens with one attached hydrogen (secondary N) is 2. The van der Waals surface area contributed by atoms with E-state index in [1.807, 2.05) is 5.32 Å². The number of carbonyl (C=O) groups is 2. The number of amides is 3. The van der Waals surface area contributed by atoms with Gasteiger partial charge in [0.1, 0.15) is 11.6 Å². The number of aryl methyl sites for hydroxylation is 1. The third-order valence-corrected chi connectivity index (χ3v) is 4.09. The van der Waals surface area contributed by atoms with E-state index in [4.69, 9.17) is 4.74 Å². The van der Waals surface area contributed by atoms with Crippen molar-refractivity contribution < 1.29 is 27.5 Å². The fourth-order valence-electron chi connectivity index (χ4n) is 2.52. The van der Waals surface area contributed by atoms with Crippen LogP contribution in [0.1, 0.15) is 19.5 Å². The van der Waals surface area contributed by atoms with Gasteiger partial charge < -0.3 is 4.74 Å². The first kappa shape index (κ1) is 22.7. The number of pyridine rings is 2. The van der Waals surface area contributed by atoms with Gasteiger partial charge in [0.25, 0.3) is 0 Å². The number of imide groups is 1. The van der Waals surface area contributed by atoms with Gasteiger partial charge in [-0.2, -0.15) is 18.3 Å². The predicted octanol–water partition coefficient (Wildman–Crippen LogP) is 3.99. The van der Waals surface area contributed by atoms with E-state index in [1.165, 1.54) is 18.3 Å². The first-order valence-electron chi connectivity index (χ1n) is 9.36. The molecule has 3 rings (SSSR count). The molecule has 3 heterocycles. The Morgan fingerprint density at radius 1 is 1.19 bits per heavy atom. The van der Waals surface area contributed by atoms with E-state index in [0.717, 1.165) is 12.1 Å². The third-order valence-electron chi connectivity index (χ3n) is 4.09. The smallest absolute Gasteiger partial charge is 0.437 e. The van der Waals surface area contributed by atoms with E-state index in [9.17, 15) is 22.8 Å². The Kier molecular flexibility index (Phi) is 6.42. The van der Waals surface area contributed by atoms with E-state index < -0.39 is 41.3 Å². The fraction of sp³-hybridized carbons (Fsp3) is 0.250. The van der Waals surface area contributed by atoms with Gasteiger partial charge in [0, 0.05) is 37.0 Å². The van der Waals surface area contributed by atoms with Crippen molar-refractivity contribution >= 4 is 17.8 Å². The number of alkyl halides is 3. The lowest BCUT2D eigenvalue weighted by Crippen LogP contribution is -2.37. The molecule has 0 aromatic carbocycles. The third kappa shape index (κ3) is 5.59. The molecule has 0 unspecified atom stereocenters. The first-order valence-corrected chi connectivity index (χ1v) is 9.36. The molecule has 12 heteroatoms. The molecule has 3 amide bonds. The minimum Gasteiger partial charge on any atom is -0.455 e. The minimum absolute atomic E-state index is 0.104. The zero-order valence-corrected chi connectivity index (χ0v) is 17.3. The first-order chi connectivity index (χ1) is 15.0. The Hall–Kier alpha value is -3.96. The average molecular weight is 448 g/mol. The molecule has 0 aliphatic heterocycles. The highest BCUT2D eigenvalue weighted by atomic mass is 19.4. The van der Waals surface area contributed by atoms with Crippen LogP contribution in [0.15, 0.2) is 42.9 Å². The van der Waals surface area contributed by atoms with Crippen molar-refractivity contribution in [1.82, 2.24) is 25.1 Å². The molecule has 2 N–H and O–H groups in total. The summed E-state index contributed by atoms with van der Waals surface area (Å²) in [5, 5.41) is 8.15. The average Bonchev–Trinajstić information content (AvgIpc) is 3.15. The number of halogens is 3. The van der Waals surface area contributed by atoms with Gasteiger partial charge in [0.05, 0.1) is 11.9 Å². The molecule has 168 valence electrons. The van der Waals surface area contributed by atoms with Gasteiger partial charge in [-0.15, -0.1) is 0 Å². The summed E-state index contributed by atoms with van der Waals surface area (Å²) in [7, 11) is 1.72. The summed E-state index contributed by atoms with van der Waals surface area (Å²) in [5.41, 5.74) is -0.222. The number of rotatable bonds is 5. The summed E-state index contributed by atoms with van der Waals surface area (Å²) >= 11 is 0. The maximum atomic E-state index is 13.6. The lowest BCUT2D eigenvalue weighted by Gasteiger charge is -2.15. The van der Waals surface area contributed by atoms with Crippen LogP contribution in [-0.4, -0.2) is 31.7 Å².